The lowest BCUT2D eigenvalue weighted by atomic mass is 10.1. The Kier molecular flexibility index (Phi) is 6.05. The van der Waals surface area contributed by atoms with Crippen molar-refractivity contribution in [3.63, 3.8) is 0 Å². The molecule has 1 fully saturated rings. The molecule has 2 aromatic rings. The third-order valence-corrected chi connectivity index (χ3v) is 6.53. The summed E-state index contributed by atoms with van der Waals surface area (Å²) in [6.07, 6.45) is 0.295. The van der Waals surface area contributed by atoms with Gasteiger partial charge in [0, 0.05) is 18.8 Å². The summed E-state index contributed by atoms with van der Waals surface area (Å²) in [7, 11) is -3.68. The van der Waals surface area contributed by atoms with Crippen molar-refractivity contribution in [2.75, 3.05) is 31.0 Å². The van der Waals surface area contributed by atoms with Crippen LogP contribution >= 0.6 is 0 Å². The first-order valence-corrected chi connectivity index (χ1v) is 10.8. The van der Waals surface area contributed by atoms with Gasteiger partial charge in [-0.2, -0.15) is 0 Å². The van der Waals surface area contributed by atoms with Crippen LogP contribution in [0.5, 0.6) is 0 Å². The van der Waals surface area contributed by atoms with Gasteiger partial charge in [0.25, 0.3) is 10.0 Å². The second-order valence-corrected chi connectivity index (χ2v) is 8.83. The molecule has 1 N–H and O–H groups in total. The molecule has 0 unspecified atom stereocenters. The SMILES string of the molecule is Cc1cc(C)c(S(=O)(=O)Nc2ccc(CC(=O)N3CCOCC3)cc2)cc1C. The molecule has 0 bridgehead atoms. The van der Waals surface area contributed by atoms with E-state index in [1.807, 2.05) is 19.9 Å². The second kappa shape index (κ2) is 8.32. The molecule has 0 aliphatic carbocycles. The first kappa shape index (κ1) is 20.4. The maximum absolute atomic E-state index is 12.8. The summed E-state index contributed by atoms with van der Waals surface area (Å²) in [5.74, 6) is 0.0578. The van der Waals surface area contributed by atoms with Crippen molar-refractivity contribution in [2.24, 2.45) is 0 Å². The number of benzene rings is 2. The van der Waals surface area contributed by atoms with Crippen LogP contribution in [-0.2, 0) is 26.0 Å². The van der Waals surface area contributed by atoms with Crippen molar-refractivity contribution >= 4 is 21.6 Å². The number of carbonyl (C=O) groups is 1. The lowest BCUT2D eigenvalue weighted by molar-refractivity contribution is -0.134. The fourth-order valence-corrected chi connectivity index (χ4v) is 4.59. The van der Waals surface area contributed by atoms with Gasteiger partial charge in [0.1, 0.15) is 0 Å². The molecule has 3 rings (SSSR count). The van der Waals surface area contributed by atoms with Crippen molar-refractivity contribution < 1.29 is 17.9 Å². The molecule has 1 heterocycles. The van der Waals surface area contributed by atoms with Crippen LogP contribution in [0.3, 0.4) is 0 Å². The van der Waals surface area contributed by atoms with Gasteiger partial charge in [-0.05, 0) is 61.2 Å². The van der Waals surface area contributed by atoms with Gasteiger partial charge < -0.3 is 9.64 Å². The summed E-state index contributed by atoms with van der Waals surface area (Å²) in [6.45, 7) is 8.03. The summed E-state index contributed by atoms with van der Waals surface area (Å²) in [5.41, 5.74) is 4.03. The highest BCUT2D eigenvalue weighted by Gasteiger charge is 2.19. The van der Waals surface area contributed by atoms with Crippen LogP contribution < -0.4 is 4.72 Å². The number of hydrogen-bond donors (Lipinski definition) is 1. The lowest BCUT2D eigenvalue weighted by Gasteiger charge is -2.26. The molecule has 6 nitrogen and oxygen atoms in total. The fraction of sp³-hybridized carbons (Fsp3) is 0.381. The zero-order valence-electron chi connectivity index (χ0n) is 16.5. The van der Waals surface area contributed by atoms with Crippen LogP contribution in [0.1, 0.15) is 22.3 Å². The molecule has 0 aromatic heterocycles. The molecule has 2 aromatic carbocycles. The summed E-state index contributed by atoms with van der Waals surface area (Å²) in [5, 5.41) is 0. The lowest BCUT2D eigenvalue weighted by Crippen LogP contribution is -2.41. The van der Waals surface area contributed by atoms with Crippen LogP contribution in [0, 0.1) is 20.8 Å². The van der Waals surface area contributed by atoms with Gasteiger partial charge in [-0.15, -0.1) is 0 Å². The van der Waals surface area contributed by atoms with Crippen molar-refractivity contribution in [1.82, 2.24) is 4.90 Å². The van der Waals surface area contributed by atoms with E-state index in [0.717, 1.165) is 16.7 Å². The average Bonchev–Trinajstić information content (AvgIpc) is 2.66. The van der Waals surface area contributed by atoms with Crippen LogP contribution in [0.2, 0.25) is 0 Å². The van der Waals surface area contributed by atoms with Gasteiger partial charge in [-0.1, -0.05) is 18.2 Å². The number of nitrogens with zero attached hydrogens (tertiary/aromatic N) is 1. The van der Waals surface area contributed by atoms with Gasteiger partial charge in [0.15, 0.2) is 0 Å². The van der Waals surface area contributed by atoms with Crippen molar-refractivity contribution in [1.29, 1.82) is 0 Å². The molecule has 0 radical (unpaired) electrons. The topological polar surface area (TPSA) is 75.7 Å². The molecule has 150 valence electrons. The average molecular weight is 403 g/mol. The minimum atomic E-state index is -3.68. The highest BCUT2D eigenvalue weighted by atomic mass is 32.2. The molecular weight excluding hydrogens is 376 g/mol. The van der Waals surface area contributed by atoms with Crippen LogP contribution in [0.25, 0.3) is 0 Å². The highest BCUT2D eigenvalue weighted by Crippen LogP contribution is 2.23. The number of ether oxygens (including phenoxy) is 1. The van der Waals surface area contributed by atoms with E-state index >= 15 is 0 Å². The molecule has 1 saturated heterocycles. The maximum atomic E-state index is 12.8. The van der Waals surface area contributed by atoms with E-state index in [9.17, 15) is 13.2 Å². The highest BCUT2D eigenvalue weighted by molar-refractivity contribution is 7.92. The molecule has 7 heteroatoms. The summed E-state index contributed by atoms with van der Waals surface area (Å²) < 4.78 is 33.4. The molecule has 1 aliphatic heterocycles. The Labute approximate surface area is 166 Å². The fourth-order valence-electron chi connectivity index (χ4n) is 3.22. The predicted molar refractivity (Wildman–Crippen MR) is 109 cm³/mol. The van der Waals surface area contributed by atoms with Gasteiger partial charge in [0.2, 0.25) is 5.91 Å². The largest absolute Gasteiger partial charge is 0.378 e. The molecule has 0 atom stereocenters. The molecule has 0 saturated carbocycles. The monoisotopic (exact) mass is 402 g/mol. The van der Waals surface area contributed by atoms with Crippen molar-refractivity contribution in [2.45, 2.75) is 32.1 Å². The predicted octanol–water partition coefficient (Wildman–Crippen LogP) is 2.81. The molecular formula is C21H26N2O4S. The molecule has 1 aliphatic rings. The summed E-state index contributed by atoms with van der Waals surface area (Å²) >= 11 is 0. The first-order valence-electron chi connectivity index (χ1n) is 9.31. The third kappa shape index (κ3) is 4.72. The van der Waals surface area contributed by atoms with E-state index in [-0.39, 0.29) is 10.8 Å². The standard InChI is InChI=1S/C21H26N2O4S/c1-15-12-17(3)20(13-16(15)2)28(25,26)22-19-6-4-18(5-7-19)14-21(24)23-8-10-27-11-9-23/h4-7,12-13,22H,8-11,14H2,1-3H3. The van der Waals surface area contributed by atoms with Crippen LogP contribution in [0.15, 0.2) is 41.3 Å². The minimum Gasteiger partial charge on any atom is -0.378 e. The quantitative estimate of drug-likeness (QED) is 0.834. The van der Waals surface area contributed by atoms with E-state index in [0.29, 0.717) is 44.0 Å². The number of sulfonamides is 1. The number of rotatable bonds is 5. The van der Waals surface area contributed by atoms with Gasteiger partial charge in [-0.25, -0.2) is 8.42 Å². The molecule has 28 heavy (non-hydrogen) atoms. The van der Waals surface area contributed by atoms with Gasteiger partial charge >= 0.3 is 0 Å². The van der Waals surface area contributed by atoms with Crippen molar-refractivity contribution in [3.05, 3.63) is 58.7 Å². The van der Waals surface area contributed by atoms with E-state index in [1.165, 1.54) is 0 Å². The Morgan fingerprint density at radius 2 is 1.61 bits per heavy atom. The zero-order chi connectivity index (χ0) is 20.3. The Balaban J connectivity index is 1.70. The number of carbonyl (C=O) groups excluding carboxylic acids is 1. The number of amides is 1. The Morgan fingerprint density at radius 1 is 1.00 bits per heavy atom. The van der Waals surface area contributed by atoms with Gasteiger partial charge in [0.05, 0.1) is 24.5 Å². The minimum absolute atomic E-state index is 0.0578. The van der Waals surface area contributed by atoms with E-state index in [4.69, 9.17) is 4.74 Å². The zero-order valence-corrected chi connectivity index (χ0v) is 17.3. The normalized spacial score (nSPS) is 14.8. The Bertz CT molecular complexity index is 963. The second-order valence-electron chi connectivity index (χ2n) is 7.17. The molecule has 1 amide bonds. The van der Waals surface area contributed by atoms with Crippen molar-refractivity contribution in [3.8, 4) is 0 Å². The smallest absolute Gasteiger partial charge is 0.262 e. The summed E-state index contributed by atoms with van der Waals surface area (Å²) in [6, 6.07) is 10.5. The Morgan fingerprint density at radius 3 is 2.25 bits per heavy atom. The number of anilines is 1. The maximum Gasteiger partial charge on any atom is 0.262 e. The summed E-state index contributed by atoms with van der Waals surface area (Å²) in [4.78, 5) is 14.4. The number of hydrogen-bond acceptors (Lipinski definition) is 4. The first-order chi connectivity index (χ1) is 13.3. The number of aryl methyl sites for hydroxylation is 3. The number of morpholine rings is 1. The number of nitrogens with one attached hydrogen (secondary N) is 1. The molecule has 0 spiro atoms. The van der Waals surface area contributed by atoms with E-state index in [2.05, 4.69) is 4.72 Å². The van der Waals surface area contributed by atoms with E-state index in [1.54, 1.807) is 42.2 Å². The van der Waals surface area contributed by atoms with E-state index < -0.39 is 10.0 Å². The Hall–Kier alpha value is -2.38. The van der Waals surface area contributed by atoms with Crippen LogP contribution in [0.4, 0.5) is 5.69 Å². The van der Waals surface area contributed by atoms with Gasteiger partial charge in [-0.3, -0.25) is 9.52 Å². The van der Waals surface area contributed by atoms with Crippen LogP contribution in [-0.4, -0.2) is 45.5 Å². The third-order valence-electron chi connectivity index (χ3n) is 5.01.